The van der Waals surface area contributed by atoms with Gasteiger partial charge in [0.15, 0.2) is 17.2 Å². The van der Waals surface area contributed by atoms with E-state index in [1.165, 1.54) is 4.90 Å². The van der Waals surface area contributed by atoms with E-state index in [2.05, 4.69) is 38.4 Å². The molecule has 1 atom stereocenters. The standard InChI is InChI=1S/C30H27IN4O7/c1-17(30(39)40)12-13-35-23-9-6-20(31)15-22(23)27(29(35)38)33-34-28(37)19-4-7-21(8-5-19)32-26(36)11-3-18-2-10-24-25(14-18)42-16-41-24/h2,4-10,14-15,17H,3,11-13,16H2,1H3,(H,32,36)(H,34,37)(H,39,40). The fourth-order valence-electron chi connectivity index (χ4n) is 4.52. The zero-order valence-corrected chi connectivity index (χ0v) is 24.7. The molecule has 3 N–H and O–H groups in total. The van der Waals surface area contributed by atoms with Gasteiger partial charge in [-0.3, -0.25) is 19.2 Å². The molecule has 11 nitrogen and oxygen atoms in total. The van der Waals surface area contributed by atoms with Crippen LogP contribution in [0.3, 0.4) is 0 Å². The molecule has 12 heteroatoms. The summed E-state index contributed by atoms with van der Waals surface area (Å²) in [7, 11) is 0. The molecule has 3 aromatic carbocycles. The Labute approximate surface area is 255 Å². The number of fused-ring (bicyclic) bond motifs is 2. The van der Waals surface area contributed by atoms with Crippen LogP contribution >= 0.6 is 22.6 Å². The zero-order valence-electron chi connectivity index (χ0n) is 22.6. The molecule has 216 valence electrons. The van der Waals surface area contributed by atoms with Gasteiger partial charge in [0, 0.05) is 33.4 Å². The number of aryl methyl sites for hydroxylation is 1. The maximum Gasteiger partial charge on any atom is 0.306 e. The van der Waals surface area contributed by atoms with E-state index in [9.17, 15) is 24.3 Å². The molecule has 0 fully saturated rings. The van der Waals surface area contributed by atoms with Crippen molar-refractivity contribution in [1.82, 2.24) is 5.43 Å². The van der Waals surface area contributed by atoms with Crippen LogP contribution in [0.2, 0.25) is 0 Å². The van der Waals surface area contributed by atoms with Crippen molar-refractivity contribution in [2.75, 3.05) is 23.6 Å². The highest BCUT2D eigenvalue weighted by molar-refractivity contribution is 14.1. The van der Waals surface area contributed by atoms with E-state index in [0.29, 0.717) is 34.9 Å². The first kappa shape index (κ1) is 29.0. The molecule has 0 saturated heterocycles. The number of nitrogens with one attached hydrogen (secondary N) is 2. The molecule has 0 aliphatic carbocycles. The number of hydrogen-bond acceptors (Lipinski definition) is 7. The molecule has 0 spiro atoms. The van der Waals surface area contributed by atoms with Gasteiger partial charge in [0.25, 0.3) is 11.8 Å². The summed E-state index contributed by atoms with van der Waals surface area (Å²) in [4.78, 5) is 51.2. The molecule has 42 heavy (non-hydrogen) atoms. The Bertz CT molecular complexity index is 1590. The van der Waals surface area contributed by atoms with Gasteiger partial charge in [-0.1, -0.05) is 13.0 Å². The van der Waals surface area contributed by atoms with Gasteiger partial charge in [0.05, 0.1) is 11.6 Å². The monoisotopic (exact) mass is 682 g/mol. The quantitative estimate of drug-likeness (QED) is 0.215. The number of nitrogens with zero attached hydrogens (tertiary/aromatic N) is 2. The number of carboxylic acid groups (broad SMARTS) is 1. The van der Waals surface area contributed by atoms with Crippen molar-refractivity contribution in [3.63, 3.8) is 0 Å². The minimum Gasteiger partial charge on any atom is -0.481 e. The van der Waals surface area contributed by atoms with Crippen molar-refractivity contribution in [1.29, 1.82) is 0 Å². The second-order valence-corrected chi connectivity index (χ2v) is 11.1. The molecular formula is C30H27IN4O7. The first-order chi connectivity index (χ1) is 20.2. The summed E-state index contributed by atoms with van der Waals surface area (Å²) in [6.45, 7) is 1.99. The highest BCUT2D eigenvalue weighted by atomic mass is 127. The van der Waals surface area contributed by atoms with Crippen LogP contribution in [-0.4, -0.2) is 47.8 Å². The van der Waals surface area contributed by atoms with Gasteiger partial charge in [-0.15, -0.1) is 0 Å². The third-order valence-corrected chi connectivity index (χ3v) is 7.61. The van der Waals surface area contributed by atoms with Crippen molar-refractivity contribution in [3.8, 4) is 11.5 Å². The van der Waals surface area contributed by atoms with Crippen LogP contribution in [0.15, 0.2) is 65.8 Å². The molecule has 3 amide bonds. The van der Waals surface area contributed by atoms with E-state index in [1.54, 1.807) is 43.3 Å². The van der Waals surface area contributed by atoms with E-state index in [4.69, 9.17) is 9.47 Å². The van der Waals surface area contributed by atoms with Gasteiger partial charge < -0.3 is 24.8 Å². The Balaban J connectivity index is 1.18. The minimum absolute atomic E-state index is 0.0752. The number of carbonyl (C=O) groups is 4. The summed E-state index contributed by atoms with van der Waals surface area (Å²) in [5, 5.41) is 16.2. The second kappa shape index (κ2) is 12.6. The minimum atomic E-state index is -0.933. The molecule has 2 aliphatic heterocycles. The highest BCUT2D eigenvalue weighted by Gasteiger charge is 2.35. The molecule has 0 aromatic heterocycles. The molecule has 2 heterocycles. The smallest absolute Gasteiger partial charge is 0.306 e. The average Bonchev–Trinajstić information content (AvgIpc) is 3.55. The number of halogens is 1. The molecule has 2 aliphatic rings. The number of amides is 3. The van der Waals surface area contributed by atoms with Crippen LogP contribution in [0.4, 0.5) is 11.4 Å². The van der Waals surface area contributed by atoms with Crippen LogP contribution in [-0.2, 0) is 20.8 Å². The number of carbonyl (C=O) groups excluding carboxylic acids is 3. The van der Waals surface area contributed by atoms with Crippen LogP contribution < -0.4 is 25.1 Å². The van der Waals surface area contributed by atoms with Crippen molar-refractivity contribution >= 4 is 63.4 Å². The lowest BCUT2D eigenvalue weighted by Gasteiger charge is -2.18. The summed E-state index contributed by atoms with van der Waals surface area (Å²) in [5.74, 6) is -1.30. The number of carboxylic acids is 1. The van der Waals surface area contributed by atoms with Gasteiger partial charge in [0.2, 0.25) is 12.7 Å². The lowest BCUT2D eigenvalue weighted by atomic mass is 10.1. The fourth-order valence-corrected chi connectivity index (χ4v) is 5.01. The summed E-state index contributed by atoms with van der Waals surface area (Å²) < 4.78 is 11.6. The van der Waals surface area contributed by atoms with Gasteiger partial charge in [-0.2, -0.15) is 5.10 Å². The largest absolute Gasteiger partial charge is 0.481 e. The Morgan fingerprint density at radius 1 is 1.05 bits per heavy atom. The lowest BCUT2D eigenvalue weighted by molar-refractivity contribution is -0.141. The first-order valence-corrected chi connectivity index (χ1v) is 14.3. The predicted molar refractivity (Wildman–Crippen MR) is 163 cm³/mol. The van der Waals surface area contributed by atoms with Crippen LogP contribution in [0.5, 0.6) is 11.5 Å². The molecule has 1 unspecified atom stereocenters. The SMILES string of the molecule is CC(CCN1C(=O)C(=NNC(=O)c2ccc(NC(=O)CCc3ccc4c(c3)OCO4)cc2)c2cc(I)ccc21)C(=O)O. The third kappa shape index (κ3) is 6.54. The average molecular weight is 682 g/mol. The number of hydrazone groups is 1. The number of ether oxygens (including phenoxy) is 2. The van der Waals surface area contributed by atoms with Crippen molar-refractivity contribution < 1.29 is 33.8 Å². The molecular weight excluding hydrogens is 655 g/mol. The Morgan fingerprint density at radius 2 is 1.81 bits per heavy atom. The second-order valence-electron chi connectivity index (χ2n) is 9.86. The van der Waals surface area contributed by atoms with Crippen molar-refractivity contribution in [2.45, 2.75) is 26.2 Å². The predicted octanol–water partition coefficient (Wildman–Crippen LogP) is 4.18. The third-order valence-electron chi connectivity index (χ3n) is 6.94. The molecule has 5 rings (SSSR count). The van der Waals surface area contributed by atoms with E-state index in [0.717, 1.165) is 9.13 Å². The van der Waals surface area contributed by atoms with Gasteiger partial charge in [-0.25, -0.2) is 5.43 Å². The van der Waals surface area contributed by atoms with E-state index in [1.807, 2.05) is 24.3 Å². The topological polar surface area (TPSA) is 147 Å². The number of aliphatic carboxylic acids is 1. The highest BCUT2D eigenvalue weighted by Crippen LogP contribution is 2.33. The normalized spacial score (nSPS) is 15.0. The molecule has 0 bridgehead atoms. The van der Waals surface area contributed by atoms with Gasteiger partial charge in [0.1, 0.15) is 0 Å². The van der Waals surface area contributed by atoms with E-state index >= 15 is 0 Å². The first-order valence-electron chi connectivity index (χ1n) is 13.2. The number of anilines is 2. The van der Waals surface area contributed by atoms with Gasteiger partial charge in [-0.05, 0) is 95.6 Å². The fraction of sp³-hybridized carbons (Fsp3) is 0.233. The summed E-state index contributed by atoms with van der Waals surface area (Å²) in [6, 6.07) is 17.3. The lowest BCUT2D eigenvalue weighted by Crippen LogP contribution is -2.33. The Kier molecular flexibility index (Phi) is 8.71. The molecule has 0 radical (unpaired) electrons. The maximum absolute atomic E-state index is 13.2. The summed E-state index contributed by atoms with van der Waals surface area (Å²) >= 11 is 2.12. The summed E-state index contributed by atoms with van der Waals surface area (Å²) in [6.07, 6.45) is 1.06. The Morgan fingerprint density at radius 3 is 2.57 bits per heavy atom. The molecule has 0 saturated carbocycles. The number of hydrogen-bond donors (Lipinski definition) is 3. The summed E-state index contributed by atoms with van der Waals surface area (Å²) in [5.41, 5.74) is 5.49. The van der Waals surface area contributed by atoms with E-state index in [-0.39, 0.29) is 43.4 Å². The van der Waals surface area contributed by atoms with E-state index < -0.39 is 23.7 Å². The van der Waals surface area contributed by atoms with Crippen molar-refractivity contribution in [2.24, 2.45) is 11.0 Å². The number of benzene rings is 3. The molecule has 3 aromatic rings. The zero-order chi connectivity index (χ0) is 29.8. The van der Waals surface area contributed by atoms with Crippen LogP contribution in [0.1, 0.15) is 41.3 Å². The van der Waals surface area contributed by atoms with Crippen molar-refractivity contribution in [3.05, 3.63) is 80.9 Å². The van der Waals surface area contributed by atoms with Crippen LogP contribution in [0, 0.1) is 9.49 Å². The number of rotatable bonds is 10. The Hall–Kier alpha value is -4.46. The van der Waals surface area contributed by atoms with Crippen LogP contribution in [0.25, 0.3) is 0 Å². The van der Waals surface area contributed by atoms with Gasteiger partial charge >= 0.3 is 5.97 Å². The maximum atomic E-state index is 13.2.